The van der Waals surface area contributed by atoms with Crippen LogP contribution in [0.5, 0.6) is 11.5 Å². The quantitative estimate of drug-likeness (QED) is 0.515. The molecule has 0 saturated heterocycles. The Labute approximate surface area is 149 Å². The number of methoxy groups -OCH3 is 2. The van der Waals surface area contributed by atoms with E-state index in [1.54, 1.807) is 10.8 Å². The van der Waals surface area contributed by atoms with Gasteiger partial charge in [-0.3, -0.25) is 0 Å². The molecular weight excluding hydrogens is 334 g/mol. The van der Waals surface area contributed by atoms with Crippen molar-refractivity contribution in [2.45, 2.75) is 0 Å². The summed E-state index contributed by atoms with van der Waals surface area (Å²) in [6.45, 7) is 0. The summed E-state index contributed by atoms with van der Waals surface area (Å²) in [6.07, 6.45) is 1.58. The number of nitrogens with zero attached hydrogens (tertiary/aromatic N) is 1. The highest BCUT2D eigenvalue weighted by molar-refractivity contribution is 6.08. The van der Waals surface area contributed by atoms with Gasteiger partial charge in [0.05, 0.1) is 31.2 Å². The number of aromatic nitrogens is 1. The van der Waals surface area contributed by atoms with E-state index >= 15 is 0 Å². The minimum absolute atomic E-state index is 0.140. The Morgan fingerprint density at radius 3 is 2.27 bits per heavy atom. The number of hydrogen-bond acceptors (Lipinski definition) is 5. The van der Waals surface area contributed by atoms with Crippen molar-refractivity contribution in [3.8, 4) is 28.4 Å². The standard InChI is InChI=1S/C20H15NO5/c1-24-19(22)13-11-21-14-8-4-6-10-16(14)26-15-9-5-3-7-12(15)18(21)17(13)20(23)25-2/h3-11H,1-2H3. The Morgan fingerprint density at radius 1 is 0.885 bits per heavy atom. The van der Waals surface area contributed by atoms with E-state index in [0.717, 1.165) is 0 Å². The highest BCUT2D eigenvalue weighted by Gasteiger charge is 2.32. The lowest BCUT2D eigenvalue weighted by molar-refractivity contribution is 0.0557. The van der Waals surface area contributed by atoms with Gasteiger partial charge in [-0.2, -0.15) is 0 Å². The van der Waals surface area contributed by atoms with Crippen LogP contribution in [-0.2, 0) is 9.47 Å². The monoisotopic (exact) mass is 349 g/mol. The molecule has 0 saturated carbocycles. The van der Waals surface area contributed by atoms with E-state index < -0.39 is 11.9 Å². The second kappa shape index (κ2) is 6.07. The summed E-state index contributed by atoms with van der Waals surface area (Å²) < 4.78 is 17.6. The number of hydrogen-bond donors (Lipinski definition) is 0. The molecule has 0 radical (unpaired) electrons. The minimum atomic E-state index is -0.617. The third kappa shape index (κ3) is 2.27. The van der Waals surface area contributed by atoms with Crippen LogP contribution < -0.4 is 4.74 Å². The molecule has 0 amide bonds. The fourth-order valence-corrected chi connectivity index (χ4v) is 3.15. The fourth-order valence-electron chi connectivity index (χ4n) is 3.15. The number of ether oxygens (including phenoxy) is 3. The maximum absolute atomic E-state index is 12.5. The Bertz CT molecular complexity index is 1030. The van der Waals surface area contributed by atoms with Crippen LogP contribution in [0.25, 0.3) is 16.9 Å². The smallest absolute Gasteiger partial charge is 0.340 e. The van der Waals surface area contributed by atoms with E-state index in [1.807, 2.05) is 48.5 Å². The first-order valence-corrected chi connectivity index (χ1v) is 7.94. The van der Waals surface area contributed by atoms with Crippen LogP contribution in [0.15, 0.2) is 54.7 Å². The minimum Gasteiger partial charge on any atom is -0.465 e. The Hall–Kier alpha value is -3.54. The second-order valence-corrected chi connectivity index (χ2v) is 5.69. The van der Waals surface area contributed by atoms with E-state index in [4.69, 9.17) is 14.2 Å². The molecule has 4 rings (SSSR count). The van der Waals surface area contributed by atoms with Crippen molar-refractivity contribution in [1.29, 1.82) is 0 Å². The molecule has 1 aliphatic heterocycles. The predicted octanol–water partition coefficient (Wildman–Crippen LogP) is 3.82. The molecule has 0 bridgehead atoms. The van der Waals surface area contributed by atoms with Crippen molar-refractivity contribution >= 4 is 11.9 Å². The second-order valence-electron chi connectivity index (χ2n) is 5.69. The maximum atomic E-state index is 12.5. The highest BCUT2D eigenvalue weighted by atomic mass is 16.5. The summed E-state index contributed by atoms with van der Waals surface area (Å²) >= 11 is 0. The Kier molecular flexibility index (Phi) is 3.73. The first-order chi connectivity index (χ1) is 12.7. The summed E-state index contributed by atoms with van der Waals surface area (Å²) in [5.74, 6) is -0.0323. The zero-order valence-electron chi connectivity index (χ0n) is 14.2. The van der Waals surface area contributed by atoms with Gasteiger partial charge < -0.3 is 18.8 Å². The molecule has 0 aliphatic carbocycles. The molecule has 2 heterocycles. The van der Waals surface area contributed by atoms with E-state index in [2.05, 4.69) is 0 Å². The molecule has 130 valence electrons. The first kappa shape index (κ1) is 16.0. The summed E-state index contributed by atoms with van der Waals surface area (Å²) in [5, 5.41) is 0. The van der Waals surface area contributed by atoms with Crippen molar-refractivity contribution in [2.24, 2.45) is 0 Å². The lowest BCUT2D eigenvalue weighted by Crippen LogP contribution is -2.10. The fraction of sp³-hybridized carbons (Fsp3) is 0.100. The molecular formula is C20H15NO5. The van der Waals surface area contributed by atoms with Gasteiger partial charge >= 0.3 is 11.9 Å². The molecule has 2 aromatic carbocycles. The van der Waals surface area contributed by atoms with E-state index in [1.165, 1.54) is 14.2 Å². The van der Waals surface area contributed by atoms with Crippen LogP contribution in [0.1, 0.15) is 20.7 Å². The number of benzene rings is 2. The van der Waals surface area contributed by atoms with Crippen LogP contribution in [-0.4, -0.2) is 30.7 Å². The predicted molar refractivity (Wildman–Crippen MR) is 94.0 cm³/mol. The summed E-state index contributed by atoms with van der Waals surface area (Å²) in [6, 6.07) is 14.7. The average molecular weight is 349 g/mol. The average Bonchev–Trinajstić information content (AvgIpc) is 3.01. The van der Waals surface area contributed by atoms with Crippen LogP contribution >= 0.6 is 0 Å². The van der Waals surface area contributed by atoms with Gasteiger partial charge in [-0.1, -0.05) is 24.3 Å². The first-order valence-electron chi connectivity index (χ1n) is 7.94. The zero-order valence-corrected chi connectivity index (χ0v) is 14.2. The van der Waals surface area contributed by atoms with Crippen molar-refractivity contribution in [2.75, 3.05) is 14.2 Å². The largest absolute Gasteiger partial charge is 0.465 e. The Morgan fingerprint density at radius 2 is 1.54 bits per heavy atom. The van der Waals surface area contributed by atoms with Crippen LogP contribution in [0.2, 0.25) is 0 Å². The van der Waals surface area contributed by atoms with Crippen LogP contribution in [0.3, 0.4) is 0 Å². The van der Waals surface area contributed by atoms with Crippen LogP contribution in [0, 0.1) is 0 Å². The number of carbonyl (C=O) groups excluding carboxylic acids is 2. The van der Waals surface area contributed by atoms with Crippen molar-refractivity contribution in [3.63, 3.8) is 0 Å². The molecule has 0 N–H and O–H groups in total. The molecule has 6 heteroatoms. The molecule has 6 nitrogen and oxygen atoms in total. The molecule has 0 unspecified atom stereocenters. The van der Waals surface area contributed by atoms with Gasteiger partial charge in [-0.15, -0.1) is 0 Å². The van der Waals surface area contributed by atoms with Gasteiger partial charge in [0.15, 0.2) is 5.75 Å². The number of carbonyl (C=O) groups is 2. The number of para-hydroxylation sites is 3. The molecule has 0 spiro atoms. The van der Waals surface area contributed by atoms with Crippen LogP contribution in [0.4, 0.5) is 0 Å². The molecule has 1 aromatic heterocycles. The van der Waals surface area contributed by atoms with Gasteiger partial charge in [-0.25, -0.2) is 9.59 Å². The van der Waals surface area contributed by atoms with Gasteiger partial charge in [0.25, 0.3) is 0 Å². The third-order valence-electron chi connectivity index (χ3n) is 4.29. The molecule has 3 aromatic rings. The summed E-state index contributed by atoms with van der Waals surface area (Å²) in [4.78, 5) is 24.8. The molecule has 26 heavy (non-hydrogen) atoms. The van der Waals surface area contributed by atoms with E-state index in [0.29, 0.717) is 28.4 Å². The number of esters is 2. The molecule has 0 fully saturated rings. The lowest BCUT2D eigenvalue weighted by atomic mass is 10.0. The molecule has 1 aliphatic rings. The van der Waals surface area contributed by atoms with Crippen molar-refractivity contribution < 1.29 is 23.8 Å². The zero-order chi connectivity index (χ0) is 18.3. The normalized spacial score (nSPS) is 11.3. The molecule has 0 atom stereocenters. The van der Waals surface area contributed by atoms with Gasteiger partial charge in [-0.05, 0) is 24.3 Å². The Balaban J connectivity index is 2.15. The summed E-state index contributed by atoms with van der Waals surface area (Å²) in [7, 11) is 2.55. The lowest BCUT2D eigenvalue weighted by Gasteiger charge is -2.09. The van der Waals surface area contributed by atoms with Gasteiger partial charge in [0, 0.05) is 11.8 Å². The number of rotatable bonds is 2. The van der Waals surface area contributed by atoms with Gasteiger partial charge in [0.1, 0.15) is 11.3 Å². The number of fused-ring (bicyclic) bond motifs is 5. The third-order valence-corrected chi connectivity index (χ3v) is 4.29. The summed E-state index contributed by atoms with van der Waals surface area (Å²) in [5.41, 5.74) is 2.20. The van der Waals surface area contributed by atoms with Crippen molar-refractivity contribution in [3.05, 3.63) is 65.9 Å². The van der Waals surface area contributed by atoms with E-state index in [9.17, 15) is 9.59 Å². The van der Waals surface area contributed by atoms with Crippen molar-refractivity contribution in [1.82, 2.24) is 4.57 Å². The highest BCUT2D eigenvalue weighted by Crippen LogP contribution is 2.44. The maximum Gasteiger partial charge on any atom is 0.340 e. The van der Waals surface area contributed by atoms with E-state index in [-0.39, 0.29) is 11.1 Å². The topological polar surface area (TPSA) is 66.8 Å². The SMILES string of the molecule is COC(=O)c1cn2c(c1C(=O)OC)-c1ccccc1Oc1ccccc1-2. The van der Waals surface area contributed by atoms with Gasteiger partial charge in [0.2, 0.25) is 0 Å².